The monoisotopic (exact) mass is 270 g/mol. The van der Waals surface area contributed by atoms with Gasteiger partial charge in [-0.3, -0.25) is 9.59 Å². The van der Waals surface area contributed by atoms with E-state index >= 15 is 0 Å². The zero-order chi connectivity index (χ0) is 13.3. The summed E-state index contributed by atoms with van der Waals surface area (Å²) < 4.78 is 0. The Labute approximate surface area is 113 Å². The highest BCUT2D eigenvalue weighted by Gasteiger charge is 2.51. The molecule has 1 saturated carbocycles. The normalized spacial score (nSPS) is 28.6. The molecule has 1 spiro atoms. The van der Waals surface area contributed by atoms with E-state index < -0.39 is 5.54 Å². The van der Waals surface area contributed by atoms with Crippen LogP contribution in [0.25, 0.3) is 0 Å². The third kappa shape index (κ3) is 2.13. The summed E-state index contributed by atoms with van der Waals surface area (Å²) in [5.74, 6) is 1.01. The highest BCUT2D eigenvalue weighted by molar-refractivity contribution is 7.98. The molecule has 2 amide bonds. The number of piperazine rings is 1. The van der Waals surface area contributed by atoms with Crippen LogP contribution in [0.2, 0.25) is 0 Å². The van der Waals surface area contributed by atoms with Crippen molar-refractivity contribution in [3.05, 3.63) is 0 Å². The second-order valence-electron chi connectivity index (χ2n) is 5.47. The van der Waals surface area contributed by atoms with E-state index in [1.165, 1.54) is 0 Å². The van der Waals surface area contributed by atoms with Gasteiger partial charge in [-0.15, -0.1) is 0 Å². The molecule has 2 aliphatic rings. The zero-order valence-electron chi connectivity index (χ0n) is 11.4. The van der Waals surface area contributed by atoms with E-state index in [2.05, 4.69) is 5.32 Å². The van der Waals surface area contributed by atoms with Gasteiger partial charge in [-0.05, 0) is 32.9 Å². The minimum atomic E-state index is -0.587. The van der Waals surface area contributed by atoms with Crippen molar-refractivity contribution >= 4 is 23.6 Å². The molecule has 0 aromatic heterocycles. The average Bonchev–Trinajstić information content (AvgIpc) is 2.77. The van der Waals surface area contributed by atoms with Crippen molar-refractivity contribution in [2.75, 3.05) is 12.0 Å². The summed E-state index contributed by atoms with van der Waals surface area (Å²) in [5.41, 5.74) is -0.587. The van der Waals surface area contributed by atoms with Crippen LogP contribution in [0.3, 0.4) is 0 Å². The molecule has 0 bridgehead atoms. The molecule has 0 radical (unpaired) electrons. The Morgan fingerprint density at radius 3 is 2.61 bits per heavy atom. The molecule has 0 aromatic rings. The van der Waals surface area contributed by atoms with Crippen LogP contribution in [0, 0.1) is 0 Å². The molecular weight excluding hydrogens is 248 g/mol. The van der Waals surface area contributed by atoms with Crippen LogP contribution in [0.4, 0.5) is 0 Å². The molecule has 1 saturated heterocycles. The first-order valence-electron chi connectivity index (χ1n) is 6.65. The van der Waals surface area contributed by atoms with Crippen molar-refractivity contribution in [3.8, 4) is 0 Å². The molecule has 1 heterocycles. The molecule has 18 heavy (non-hydrogen) atoms. The Bertz CT molecular complexity index is 353. The summed E-state index contributed by atoms with van der Waals surface area (Å²) >= 11 is 1.71. The molecule has 2 fully saturated rings. The fourth-order valence-electron chi connectivity index (χ4n) is 3.16. The fourth-order valence-corrected chi connectivity index (χ4v) is 3.81. The summed E-state index contributed by atoms with van der Waals surface area (Å²) in [5, 5.41) is 2.98. The molecule has 1 aliphatic heterocycles. The molecule has 2 unspecified atom stereocenters. The number of thioether (sulfide) groups is 1. The Morgan fingerprint density at radius 2 is 2.06 bits per heavy atom. The summed E-state index contributed by atoms with van der Waals surface area (Å²) in [4.78, 5) is 26.6. The first-order chi connectivity index (χ1) is 8.52. The van der Waals surface area contributed by atoms with Gasteiger partial charge < -0.3 is 10.2 Å². The summed E-state index contributed by atoms with van der Waals surface area (Å²) in [6.07, 6.45) is 5.69. The molecule has 4 nitrogen and oxygen atoms in total. The minimum Gasteiger partial charge on any atom is -0.340 e. The van der Waals surface area contributed by atoms with Crippen LogP contribution < -0.4 is 5.32 Å². The third-order valence-electron chi connectivity index (χ3n) is 4.14. The zero-order valence-corrected chi connectivity index (χ0v) is 12.2. The van der Waals surface area contributed by atoms with E-state index in [1.807, 2.05) is 20.1 Å². The number of hydrogen-bond donors (Lipinski definition) is 1. The van der Waals surface area contributed by atoms with E-state index in [0.717, 1.165) is 31.4 Å². The lowest BCUT2D eigenvalue weighted by Crippen LogP contribution is -2.70. The summed E-state index contributed by atoms with van der Waals surface area (Å²) in [6, 6.07) is -0.225. The highest BCUT2D eigenvalue weighted by atomic mass is 32.2. The molecule has 1 N–H and O–H groups in total. The smallest absolute Gasteiger partial charge is 0.249 e. The Balaban J connectivity index is 2.25. The van der Waals surface area contributed by atoms with E-state index in [0.29, 0.717) is 0 Å². The largest absolute Gasteiger partial charge is 0.340 e. The topological polar surface area (TPSA) is 49.4 Å². The Morgan fingerprint density at radius 1 is 1.44 bits per heavy atom. The SMILES string of the molecule is CSCC(C)N1C(=O)C2(CCCC2)NC(=O)C1C. The van der Waals surface area contributed by atoms with Gasteiger partial charge >= 0.3 is 0 Å². The van der Waals surface area contributed by atoms with Gasteiger partial charge in [-0.25, -0.2) is 0 Å². The molecule has 0 aromatic carbocycles. The van der Waals surface area contributed by atoms with E-state index in [9.17, 15) is 9.59 Å². The number of carbonyl (C=O) groups excluding carboxylic acids is 2. The van der Waals surface area contributed by atoms with Crippen LogP contribution in [-0.2, 0) is 9.59 Å². The van der Waals surface area contributed by atoms with Gasteiger partial charge in [-0.2, -0.15) is 11.8 Å². The maximum atomic E-state index is 12.7. The standard InChI is InChI=1S/C13H22N2O2S/c1-9(8-18-3)15-10(2)11(16)14-13(12(15)17)6-4-5-7-13/h9-10H,4-8H2,1-3H3,(H,14,16). The average molecular weight is 270 g/mol. The number of carbonyl (C=O) groups is 2. The lowest BCUT2D eigenvalue weighted by molar-refractivity contribution is -0.156. The molecule has 2 atom stereocenters. The van der Waals surface area contributed by atoms with Crippen molar-refractivity contribution in [2.24, 2.45) is 0 Å². The van der Waals surface area contributed by atoms with Gasteiger partial charge in [0.2, 0.25) is 11.8 Å². The summed E-state index contributed by atoms with van der Waals surface area (Å²) in [6.45, 7) is 3.86. The van der Waals surface area contributed by atoms with Crippen LogP contribution in [0.1, 0.15) is 39.5 Å². The van der Waals surface area contributed by atoms with Crippen molar-refractivity contribution in [1.82, 2.24) is 10.2 Å². The second kappa shape index (κ2) is 5.11. The number of amides is 2. The predicted molar refractivity (Wildman–Crippen MR) is 73.5 cm³/mol. The van der Waals surface area contributed by atoms with Crippen LogP contribution >= 0.6 is 11.8 Å². The van der Waals surface area contributed by atoms with Crippen molar-refractivity contribution in [2.45, 2.75) is 57.2 Å². The molecular formula is C13H22N2O2S. The minimum absolute atomic E-state index is 0.00412. The predicted octanol–water partition coefficient (Wildman–Crippen LogP) is 1.40. The summed E-state index contributed by atoms with van der Waals surface area (Å²) in [7, 11) is 0. The van der Waals surface area contributed by atoms with Crippen molar-refractivity contribution in [3.63, 3.8) is 0 Å². The fraction of sp³-hybridized carbons (Fsp3) is 0.846. The second-order valence-corrected chi connectivity index (χ2v) is 6.38. The van der Waals surface area contributed by atoms with Crippen LogP contribution in [0.5, 0.6) is 0 Å². The number of hydrogen-bond acceptors (Lipinski definition) is 3. The van der Waals surface area contributed by atoms with Crippen LogP contribution in [0.15, 0.2) is 0 Å². The Hall–Kier alpha value is -0.710. The van der Waals surface area contributed by atoms with Crippen molar-refractivity contribution < 1.29 is 9.59 Å². The lowest BCUT2D eigenvalue weighted by atomic mass is 9.90. The van der Waals surface area contributed by atoms with Crippen LogP contribution in [-0.4, -0.2) is 46.3 Å². The van der Waals surface area contributed by atoms with Gasteiger partial charge in [0.05, 0.1) is 0 Å². The number of nitrogens with zero attached hydrogens (tertiary/aromatic N) is 1. The van der Waals surface area contributed by atoms with E-state index in [1.54, 1.807) is 16.7 Å². The van der Waals surface area contributed by atoms with Gasteiger partial charge in [-0.1, -0.05) is 12.8 Å². The quantitative estimate of drug-likeness (QED) is 0.843. The molecule has 1 aliphatic carbocycles. The van der Waals surface area contributed by atoms with Gasteiger partial charge in [0.15, 0.2) is 0 Å². The van der Waals surface area contributed by atoms with Gasteiger partial charge in [0.25, 0.3) is 0 Å². The Kier molecular flexibility index (Phi) is 3.90. The maximum absolute atomic E-state index is 12.7. The van der Waals surface area contributed by atoms with Gasteiger partial charge in [0, 0.05) is 11.8 Å². The van der Waals surface area contributed by atoms with E-state index in [4.69, 9.17) is 0 Å². The highest BCUT2D eigenvalue weighted by Crippen LogP contribution is 2.35. The van der Waals surface area contributed by atoms with Crippen molar-refractivity contribution in [1.29, 1.82) is 0 Å². The molecule has 5 heteroatoms. The van der Waals surface area contributed by atoms with E-state index in [-0.39, 0.29) is 23.9 Å². The first-order valence-corrected chi connectivity index (χ1v) is 8.05. The molecule has 102 valence electrons. The number of nitrogens with one attached hydrogen (secondary N) is 1. The third-order valence-corrected chi connectivity index (χ3v) is 4.96. The maximum Gasteiger partial charge on any atom is 0.249 e. The lowest BCUT2D eigenvalue weighted by Gasteiger charge is -2.46. The van der Waals surface area contributed by atoms with Gasteiger partial charge in [0.1, 0.15) is 11.6 Å². The number of rotatable bonds is 3. The first kappa shape index (κ1) is 13.7. The molecule has 2 rings (SSSR count).